The zero-order chi connectivity index (χ0) is 13.8. The zero-order valence-electron chi connectivity index (χ0n) is 11.7. The first-order valence-corrected chi connectivity index (χ1v) is 6.68. The first-order valence-electron chi connectivity index (χ1n) is 6.68. The van der Waals surface area contributed by atoms with E-state index < -0.39 is 5.60 Å². The standard InChI is InChI=1S/C13H26N2O3/c1-13(2,3)18-12(17)15-7-4-5-10(9-15)11(14)6-8-16/h10-11,16H,4-9,14H2,1-3H3/t10-,11+/m1/s1. The molecule has 5 nitrogen and oxygen atoms in total. The highest BCUT2D eigenvalue weighted by atomic mass is 16.6. The van der Waals surface area contributed by atoms with Crippen LogP contribution in [0.2, 0.25) is 0 Å². The minimum absolute atomic E-state index is 0.0414. The summed E-state index contributed by atoms with van der Waals surface area (Å²) in [7, 11) is 0. The number of nitrogens with zero attached hydrogens (tertiary/aromatic N) is 1. The van der Waals surface area contributed by atoms with Gasteiger partial charge in [-0.15, -0.1) is 0 Å². The highest BCUT2D eigenvalue weighted by molar-refractivity contribution is 5.68. The normalized spacial score (nSPS) is 22.7. The lowest BCUT2D eigenvalue weighted by molar-refractivity contribution is 0.0148. The number of carbonyl (C=O) groups excluding carboxylic acids is 1. The molecule has 0 radical (unpaired) electrons. The summed E-state index contributed by atoms with van der Waals surface area (Å²) < 4.78 is 5.36. The summed E-state index contributed by atoms with van der Waals surface area (Å²) in [6.07, 6.45) is 2.29. The molecule has 1 aliphatic heterocycles. The average molecular weight is 258 g/mol. The molecule has 0 aliphatic carbocycles. The molecule has 106 valence electrons. The second-order valence-corrected chi connectivity index (χ2v) is 6.00. The molecule has 1 heterocycles. The maximum Gasteiger partial charge on any atom is 0.410 e. The van der Waals surface area contributed by atoms with Crippen molar-refractivity contribution in [1.82, 2.24) is 4.90 Å². The summed E-state index contributed by atoms with van der Waals surface area (Å²) in [5.74, 6) is 0.262. The number of rotatable bonds is 3. The molecule has 0 saturated carbocycles. The fraction of sp³-hybridized carbons (Fsp3) is 0.923. The van der Waals surface area contributed by atoms with Crippen LogP contribution < -0.4 is 5.73 Å². The van der Waals surface area contributed by atoms with Gasteiger partial charge in [0.15, 0.2) is 0 Å². The van der Waals surface area contributed by atoms with E-state index in [2.05, 4.69) is 0 Å². The molecule has 0 bridgehead atoms. The van der Waals surface area contributed by atoms with E-state index in [-0.39, 0.29) is 24.7 Å². The van der Waals surface area contributed by atoms with Gasteiger partial charge in [0.2, 0.25) is 0 Å². The topological polar surface area (TPSA) is 75.8 Å². The Morgan fingerprint density at radius 2 is 2.22 bits per heavy atom. The number of ether oxygens (including phenoxy) is 1. The number of hydrogen-bond acceptors (Lipinski definition) is 4. The predicted molar refractivity (Wildman–Crippen MR) is 70.2 cm³/mol. The van der Waals surface area contributed by atoms with Crippen LogP contribution in [-0.2, 0) is 4.74 Å². The Kier molecular flexibility index (Phi) is 5.41. The molecule has 0 aromatic rings. The molecule has 1 fully saturated rings. The van der Waals surface area contributed by atoms with Crippen molar-refractivity contribution in [2.24, 2.45) is 11.7 Å². The van der Waals surface area contributed by atoms with E-state index in [0.717, 1.165) is 19.4 Å². The molecule has 3 N–H and O–H groups in total. The number of carbonyl (C=O) groups is 1. The number of aliphatic hydroxyl groups excluding tert-OH is 1. The van der Waals surface area contributed by atoms with E-state index in [1.165, 1.54) is 0 Å². The SMILES string of the molecule is CC(C)(C)OC(=O)N1CCC[C@@H]([C@@H](N)CCO)C1. The lowest BCUT2D eigenvalue weighted by atomic mass is 9.90. The number of piperidine rings is 1. The highest BCUT2D eigenvalue weighted by Crippen LogP contribution is 2.22. The number of hydrogen-bond donors (Lipinski definition) is 2. The lowest BCUT2D eigenvalue weighted by Gasteiger charge is -2.36. The highest BCUT2D eigenvalue weighted by Gasteiger charge is 2.30. The second kappa shape index (κ2) is 6.38. The monoisotopic (exact) mass is 258 g/mol. The Morgan fingerprint density at radius 3 is 2.78 bits per heavy atom. The number of likely N-dealkylation sites (tertiary alicyclic amines) is 1. The minimum atomic E-state index is -0.461. The van der Waals surface area contributed by atoms with Gasteiger partial charge in [0.25, 0.3) is 0 Å². The third-order valence-electron chi connectivity index (χ3n) is 3.18. The molecule has 0 spiro atoms. The van der Waals surface area contributed by atoms with Crippen LogP contribution in [0.25, 0.3) is 0 Å². The molecule has 1 saturated heterocycles. The van der Waals surface area contributed by atoms with Crippen LogP contribution in [0.1, 0.15) is 40.0 Å². The van der Waals surface area contributed by atoms with Crippen molar-refractivity contribution in [3.63, 3.8) is 0 Å². The van der Waals surface area contributed by atoms with Crippen molar-refractivity contribution in [3.05, 3.63) is 0 Å². The number of nitrogens with two attached hydrogens (primary N) is 1. The van der Waals surface area contributed by atoms with Gasteiger partial charge < -0.3 is 20.5 Å². The zero-order valence-corrected chi connectivity index (χ0v) is 11.7. The second-order valence-electron chi connectivity index (χ2n) is 6.00. The molecule has 1 rings (SSSR count). The molecule has 18 heavy (non-hydrogen) atoms. The van der Waals surface area contributed by atoms with Gasteiger partial charge in [-0.05, 0) is 46.0 Å². The van der Waals surface area contributed by atoms with Gasteiger partial charge in [0.1, 0.15) is 5.60 Å². The molecule has 0 unspecified atom stereocenters. The van der Waals surface area contributed by atoms with E-state index in [1.54, 1.807) is 4.90 Å². The van der Waals surface area contributed by atoms with Crippen LogP contribution >= 0.6 is 0 Å². The van der Waals surface area contributed by atoms with Gasteiger partial charge in [0, 0.05) is 25.7 Å². The molecular formula is C13H26N2O3. The van der Waals surface area contributed by atoms with Crippen molar-refractivity contribution in [2.75, 3.05) is 19.7 Å². The van der Waals surface area contributed by atoms with Crippen LogP contribution in [0.5, 0.6) is 0 Å². The van der Waals surface area contributed by atoms with Crippen LogP contribution in [-0.4, -0.2) is 47.4 Å². The average Bonchev–Trinajstić information content (AvgIpc) is 2.27. The first kappa shape index (κ1) is 15.2. The van der Waals surface area contributed by atoms with Crippen molar-refractivity contribution in [1.29, 1.82) is 0 Å². The van der Waals surface area contributed by atoms with E-state index in [0.29, 0.717) is 13.0 Å². The van der Waals surface area contributed by atoms with Crippen molar-refractivity contribution in [2.45, 2.75) is 51.7 Å². The first-order chi connectivity index (χ1) is 8.33. The van der Waals surface area contributed by atoms with E-state index in [4.69, 9.17) is 15.6 Å². The van der Waals surface area contributed by atoms with Gasteiger partial charge in [-0.25, -0.2) is 4.79 Å². The molecule has 2 atom stereocenters. The summed E-state index contributed by atoms with van der Waals surface area (Å²) in [4.78, 5) is 13.7. The smallest absolute Gasteiger partial charge is 0.410 e. The molecule has 1 aliphatic rings. The molecule has 0 aromatic heterocycles. The van der Waals surface area contributed by atoms with Crippen LogP contribution in [0, 0.1) is 5.92 Å². The summed E-state index contributed by atoms with van der Waals surface area (Å²) in [5, 5.41) is 8.91. The largest absolute Gasteiger partial charge is 0.444 e. The molecule has 0 aromatic carbocycles. The van der Waals surface area contributed by atoms with Crippen LogP contribution in [0.4, 0.5) is 4.79 Å². The minimum Gasteiger partial charge on any atom is -0.444 e. The maximum atomic E-state index is 12.0. The Balaban J connectivity index is 2.50. The third-order valence-corrected chi connectivity index (χ3v) is 3.18. The van der Waals surface area contributed by atoms with Crippen LogP contribution in [0.3, 0.4) is 0 Å². The Hall–Kier alpha value is -0.810. The van der Waals surface area contributed by atoms with Crippen LogP contribution in [0.15, 0.2) is 0 Å². The van der Waals surface area contributed by atoms with Gasteiger partial charge in [-0.3, -0.25) is 0 Å². The molecule has 1 amide bonds. The Labute approximate surface area is 109 Å². The fourth-order valence-electron chi connectivity index (χ4n) is 2.24. The Bertz CT molecular complexity index is 276. The van der Waals surface area contributed by atoms with Gasteiger partial charge >= 0.3 is 6.09 Å². The van der Waals surface area contributed by atoms with E-state index in [1.807, 2.05) is 20.8 Å². The summed E-state index contributed by atoms with van der Waals surface area (Å²) in [6, 6.07) is -0.0414. The van der Waals surface area contributed by atoms with Gasteiger partial charge in [0.05, 0.1) is 0 Å². The van der Waals surface area contributed by atoms with Crippen molar-refractivity contribution >= 4 is 6.09 Å². The van der Waals surface area contributed by atoms with Crippen molar-refractivity contribution in [3.8, 4) is 0 Å². The van der Waals surface area contributed by atoms with E-state index in [9.17, 15) is 4.79 Å². The summed E-state index contributed by atoms with van der Waals surface area (Å²) in [5.41, 5.74) is 5.55. The molecular weight excluding hydrogens is 232 g/mol. The summed E-state index contributed by atoms with van der Waals surface area (Å²) in [6.45, 7) is 7.06. The molecule has 5 heteroatoms. The fourth-order valence-corrected chi connectivity index (χ4v) is 2.24. The maximum absolute atomic E-state index is 12.0. The van der Waals surface area contributed by atoms with E-state index >= 15 is 0 Å². The Morgan fingerprint density at radius 1 is 1.56 bits per heavy atom. The summed E-state index contributed by atoms with van der Waals surface area (Å²) >= 11 is 0. The number of amides is 1. The van der Waals surface area contributed by atoms with Gasteiger partial charge in [-0.1, -0.05) is 0 Å². The predicted octanol–water partition coefficient (Wildman–Crippen LogP) is 1.34. The quantitative estimate of drug-likeness (QED) is 0.801. The van der Waals surface area contributed by atoms with Gasteiger partial charge in [-0.2, -0.15) is 0 Å². The third kappa shape index (κ3) is 4.82. The van der Waals surface area contributed by atoms with Crippen molar-refractivity contribution < 1.29 is 14.6 Å². The lowest BCUT2D eigenvalue weighted by Crippen LogP contribution is -2.47. The number of aliphatic hydroxyl groups is 1.